The molecule has 0 aliphatic carbocycles. The second kappa shape index (κ2) is 64.5. The Balaban J connectivity index is 3.57. The van der Waals surface area contributed by atoms with Gasteiger partial charge in [0.2, 0.25) is 0 Å². The highest BCUT2D eigenvalue weighted by Crippen LogP contribution is 2.15. The van der Waals surface area contributed by atoms with Crippen molar-refractivity contribution in [1.29, 1.82) is 0 Å². The van der Waals surface area contributed by atoms with Crippen LogP contribution in [-0.2, 0) is 19.1 Å². The topological polar surface area (TPSA) is 72.8 Å². The molecule has 5 heteroatoms. The predicted octanol–water partition coefficient (Wildman–Crippen LogP) is 21.3. The Kier molecular flexibility index (Phi) is 60.5. The Labute approximate surface area is 468 Å². The van der Waals surface area contributed by atoms with E-state index in [0.717, 1.165) is 128 Å². The molecule has 1 atom stereocenters. The van der Waals surface area contributed by atoms with E-state index in [4.69, 9.17) is 9.47 Å². The quantitative estimate of drug-likeness (QED) is 0.0373. The molecule has 0 aromatic rings. The number of carbonyl (C=O) groups is 2. The van der Waals surface area contributed by atoms with Gasteiger partial charge in [0.1, 0.15) is 6.61 Å². The molecule has 426 valence electrons. The van der Waals surface area contributed by atoms with Crippen molar-refractivity contribution in [2.75, 3.05) is 13.2 Å². The third-order valence-electron chi connectivity index (χ3n) is 12.5. The molecule has 0 saturated carbocycles. The van der Waals surface area contributed by atoms with Crippen LogP contribution in [0.15, 0.2) is 170 Å². The predicted molar refractivity (Wildman–Crippen MR) is 333 cm³/mol. The molecule has 5 nitrogen and oxygen atoms in total. The number of esters is 2. The fourth-order valence-electron chi connectivity index (χ4n) is 7.99. The number of unbranched alkanes of at least 4 members (excludes halogenated alkanes) is 18. The summed E-state index contributed by atoms with van der Waals surface area (Å²) in [6.07, 6.45) is 101. The Morgan fingerprint density at radius 1 is 0.303 bits per heavy atom. The highest BCUT2D eigenvalue weighted by molar-refractivity contribution is 5.70. The van der Waals surface area contributed by atoms with E-state index in [-0.39, 0.29) is 25.2 Å². The van der Waals surface area contributed by atoms with E-state index in [0.29, 0.717) is 12.8 Å². The monoisotopic (exact) mass is 1040 g/mol. The molecule has 1 unspecified atom stereocenters. The van der Waals surface area contributed by atoms with E-state index >= 15 is 0 Å². The summed E-state index contributed by atoms with van der Waals surface area (Å²) in [4.78, 5) is 24.5. The zero-order chi connectivity index (χ0) is 54.8. The summed E-state index contributed by atoms with van der Waals surface area (Å²) in [6, 6.07) is 0. The SMILES string of the molecule is CC/C=C\C/C=C\C/C=C\C/C=C\C/C=C\C/C=C\C/C=C\C/C=C\CCCCCCCCCCCCCCCCCCC(=O)OC(CO)COC(=O)CCCC/C=C\C/C=C\C/C=C\C/C=C\C/C=C\C/C=C\CC. The van der Waals surface area contributed by atoms with Crippen LogP contribution in [0.25, 0.3) is 0 Å². The lowest BCUT2D eigenvalue weighted by atomic mass is 10.0. The van der Waals surface area contributed by atoms with E-state index in [9.17, 15) is 14.7 Å². The summed E-state index contributed by atoms with van der Waals surface area (Å²) in [5, 5.41) is 9.66. The van der Waals surface area contributed by atoms with Gasteiger partial charge in [0.15, 0.2) is 6.10 Å². The first-order chi connectivity index (χ1) is 37.6. The van der Waals surface area contributed by atoms with Crippen LogP contribution >= 0.6 is 0 Å². The maximum atomic E-state index is 12.3. The van der Waals surface area contributed by atoms with E-state index < -0.39 is 6.10 Å². The van der Waals surface area contributed by atoms with Crippen molar-refractivity contribution in [3.8, 4) is 0 Å². The van der Waals surface area contributed by atoms with Crippen LogP contribution in [0.1, 0.15) is 245 Å². The molecule has 0 bridgehead atoms. The Bertz CT molecular complexity index is 1700. The van der Waals surface area contributed by atoms with Crippen LogP contribution in [0, 0.1) is 0 Å². The number of hydrogen-bond donors (Lipinski definition) is 1. The molecule has 0 aromatic heterocycles. The number of ether oxygens (including phenoxy) is 2. The minimum Gasteiger partial charge on any atom is -0.462 e. The molecule has 0 aliphatic heterocycles. The van der Waals surface area contributed by atoms with Crippen molar-refractivity contribution in [3.63, 3.8) is 0 Å². The number of hydrogen-bond acceptors (Lipinski definition) is 5. The molecule has 0 amide bonds. The summed E-state index contributed by atoms with van der Waals surface area (Å²) < 4.78 is 10.7. The van der Waals surface area contributed by atoms with Crippen LogP contribution < -0.4 is 0 Å². The number of aliphatic hydroxyl groups is 1. The average molecular weight is 1050 g/mol. The number of allylic oxidation sites excluding steroid dienone is 28. The minimum absolute atomic E-state index is 0.0972. The lowest BCUT2D eigenvalue weighted by molar-refractivity contribution is -0.161. The second-order valence-electron chi connectivity index (χ2n) is 19.7. The summed E-state index contributed by atoms with van der Waals surface area (Å²) in [5.74, 6) is -0.648. The smallest absolute Gasteiger partial charge is 0.306 e. The van der Waals surface area contributed by atoms with Crippen molar-refractivity contribution in [2.24, 2.45) is 0 Å². The third kappa shape index (κ3) is 61.8. The van der Waals surface area contributed by atoms with Crippen LogP contribution in [0.5, 0.6) is 0 Å². The van der Waals surface area contributed by atoms with Crippen LogP contribution in [0.4, 0.5) is 0 Å². The van der Waals surface area contributed by atoms with Gasteiger partial charge in [-0.3, -0.25) is 9.59 Å². The highest BCUT2D eigenvalue weighted by Gasteiger charge is 2.16. The fraction of sp³-hybridized carbons (Fsp3) is 0.577. The zero-order valence-electron chi connectivity index (χ0n) is 48.7. The van der Waals surface area contributed by atoms with Crippen molar-refractivity contribution < 1.29 is 24.2 Å². The van der Waals surface area contributed by atoms with Gasteiger partial charge in [-0.1, -0.05) is 274 Å². The molecule has 1 N–H and O–H groups in total. The van der Waals surface area contributed by atoms with Gasteiger partial charge < -0.3 is 14.6 Å². The van der Waals surface area contributed by atoms with Crippen molar-refractivity contribution in [2.45, 2.75) is 251 Å². The number of rotatable bonds is 54. The van der Waals surface area contributed by atoms with Gasteiger partial charge in [-0.05, 0) is 128 Å². The zero-order valence-corrected chi connectivity index (χ0v) is 48.7. The van der Waals surface area contributed by atoms with Crippen LogP contribution in [0.3, 0.4) is 0 Å². The molecular weight excluding hydrogens is 933 g/mol. The van der Waals surface area contributed by atoms with E-state index in [1.807, 2.05) is 0 Å². The van der Waals surface area contributed by atoms with Crippen LogP contribution in [-0.4, -0.2) is 36.4 Å². The third-order valence-corrected chi connectivity index (χ3v) is 12.5. The first-order valence-electron chi connectivity index (χ1n) is 30.7. The molecule has 0 fully saturated rings. The lowest BCUT2D eigenvalue weighted by Gasteiger charge is -2.15. The Hall–Kier alpha value is -4.74. The van der Waals surface area contributed by atoms with Gasteiger partial charge in [-0.15, -0.1) is 0 Å². The summed E-state index contributed by atoms with van der Waals surface area (Å²) in [5.41, 5.74) is 0. The highest BCUT2D eigenvalue weighted by atomic mass is 16.6. The second-order valence-corrected chi connectivity index (χ2v) is 19.7. The van der Waals surface area contributed by atoms with Gasteiger partial charge in [0.05, 0.1) is 6.61 Å². The summed E-state index contributed by atoms with van der Waals surface area (Å²) in [7, 11) is 0. The molecule has 0 heterocycles. The molecule has 0 aliphatic rings. The van der Waals surface area contributed by atoms with Gasteiger partial charge in [0.25, 0.3) is 0 Å². The van der Waals surface area contributed by atoms with Crippen molar-refractivity contribution >= 4 is 11.9 Å². The van der Waals surface area contributed by atoms with Crippen molar-refractivity contribution in [1.82, 2.24) is 0 Å². The Morgan fingerprint density at radius 2 is 0.526 bits per heavy atom. The largest absolute Gasteiger partial charge is 0.462 e. The fourth-order valence-corrected chi connectivity index (χ4v) is 7.99. The molecule has 76 heavy (non-hydrogen) atoms. The maximum Gasteiger partial charge on any atom is 0.306 e. The van der Waals surface area contributed by atoms with Crippen molar-refractivity contribution in [3.05, 3.63) is 170 Å². The first-order valence-corrected chi connectivity index (χ1v) is 30.7. The lowest BCUT2D eigenvalue weighted by Crippen LogP contribution is -2.28. The molecule has 0 aromatic carbocycles. The van der Waals surface area contributed by atoms with E-state index in [1.165, 1.54) is 89.9 Å². The standard InChI is InChI=1S/C71H112O5/c1-3-5-7-9-11-13-15-17-19-21-23-25-26-27-28-29-30-31-32-33-34-35-36-37-38-39-40-41-42-43-44-46-48-50-52-54-56-58-60-62-64-66-71(74)76-69(67-72)68-75-70(73)65-63-61-59-57-55-53-51-49-47-45-24-22-20-18-16-14-12-10-8-6-4-2/h5-8,11-14,17-20,23-25,27-28,30-31,33-34,36-37,45,49,51,55,57,69,72H,3-4,9-10,15-16,21-22,26,29,32,35,38-44,46-48,50,52-54,56,58-68H2,1-2H3/b7-5-,8-6-,13-11-,14-12-,19-17-,20-18-,25-23-,28-27-,31-30-,34-33-,37-36-,45-24-,51-49-,57-55-. The molecular formula is C71H112O5. The van der Waals surface area contributed by atoms with E-state index in [1.54, 1.807) is 0 Å². The minimum atomic E-state index is -0.802. The summed E-state index contributed by atoms with van der Waals surface area (Å²) in [6.45, 7) is 3.87. The summed E-state index contributed by atoms with van der Waals surface area (Å²) >= 11 is 0. The molecule has 0 saturated heterocycles. The van der Waals surface area contributed by atoms with Crippen LogP contribution in [0.2, 0.25) is 0 Å². The number of aliphatic hydroxyl groups excluding tert-OH is 1. The normalized spacial score (nSPS) is 13.5. The maximum absolute atomic E-state index is 12.3. The molecule has 0 rings (SSSR count). The van der Waals surface area contributed by atoms with Gasteiger partial charge in [-0.2, -0.15) is 0 Å². The average Bonchev–Trinajstić information content (AvgIpc) is 3.42. The number of carbonyl (C=O) groups excluding carboxylic acids is 2. The first kappa shape index (κ1) is 71.3. The Morgan fingerprint density at radius 3 is 0.816 bits per heavy atom. The molecule has 0 spiro atoms. The van der Waals surface area contributed by atoms with Gasteiger partial charge in [-0.25, -0.2) is 0 Å². The van der Waals surface area contributed by atoms with E-state index in [2.05, 4.69) is 184 Å². The van der Waals surface area contributed by atoms with Gasteiger partial charge >= 0.3 is 11.9 Å². The molecule has 0 radical (unpaired) electrons. The van der Waals surface area contributed by atoms with Gasteiger partial charge in [0, 0.05) is 12.8 Å².